The third kappa shape index (κ3) is 2.13. The van der Waals surface area contributed by atoms with Crippen LogP contribution in [0.4, 0.5) is 10.1 Å². The van der Waals surface area contributed by atoms with Crippen LogP contribution in [0.5, 0.6) is 5.75 Å². The van der Waals surface area contributed by atoms with Crippen molar-refractivity contribution in [3.63, 3.8) is 0 Å². The van der Waals surface area contributed by atoms with Gasteiger partial charge in [0.05, 0.1) is 11.4 Å². The first-order chi connectivity index (χ1) is 7.69. The Labute approximate surface area is 92.1 Å². The van der Waals surface area contributed by atoms with Gasteiger partial charge in [-0.05, 0) is 12.1 Å². The van der Waals surface area contributed by atoms with E-state index in [0.717, 1.165) is 0 Å². The molecule has 1 aromatic carbocycles. The van der Waals surface area contributed by atoms with Crippen LogP contribution in [0, 0.1) is 5.82 Å². The average Bonchev–Trinajstić information content (AvgIpc) is 2.29. The van der Waals surface area contributed by atoms with Crippen LogP contribution in [0.2, 0.25) is 0 Å². The van der Waals surface area contributed by atoms with Crippen molar-refractivity contribution in [1.82, 2.24) is 5.32 Å². The van der Waals surface area contributed by atoms with Gasteiger partial charge in [-0.15, -0.1) is 0 Å². The van der Waals surface area contributed by atoms with E-state index in [1.165, 1.54) is 18.2 Å². The minimum absolute atomic E-state index is 0.211. The zero-order valence-electron chi connectivity index (χ0n) is 8.71. The molecule has 0 radical (unpaired) electrons. The monoisotopic (exact) mass is 222 g/mol. The van der Waals surface area contributed by atoms with Crippen LogP contribution >= 0.6 is 0 Å². The molecule has 1 aromatic rings. The molecule has 1 aliphatic rings. The molecule has 2 N–H and O–H groups in total. The molecule has 0 saturated carbocycles. The van der Waals surface area contributed by atoms with Gasteiger partial charge in [0.15, 0.2) is 0 Å². The number of hydrogen-bond acceptors (Lipinski definition) is 3. The molecule has 2 rings (SSSR count). The maximum Gasteiger partial charge on any atom is 0.245 e. The number of rotatable bonds is 1. The van der Waals surface area contributed by atoms with E-state index in [1.807, 2.05) is 0 Å². The molecule has 5 heteroatoms. The minimum atomic E-state index is -0.348. The highest BCUT2D eigenvalue weighted by Gasteiger charge is 2.14. The van der Waals surface area contributed by atoms with E-state index >= 15 is 0 Å². The number of fused-ring (bicyclic) bond motifs is 1. The summed E-state index contributed by atoms with van der Waals surface area (Å²) in [5.74, 6) is -0.106. The fourth-order valence-electron chi connectivity index (χ4n) is 1.39. The standard InChI is InChI=1S/C11H11FN2O2/c1-13-11(15)5-8-6-16-10-4-7(12)2-3-9(10)14-8/h2-5,14H,6H2,1H3,(H,13,15). The Balaban J connectivity index is 2.21. The highest BCUT2D eigenvalue weighted by molar-refractivity contribution is 5.88. The van der Waals surface area contributed by atoms with Crippen LogP contribution in [0.1, 0.15) is 0 Å². The Hall–Kier alpha value is -2.04. The molecule has 1 amide bonds. The summed E-state index contributed by atoms with van der Waals surface area (Å²) in [7, 11) is 1.55. The number of hydrogen-bond donors (Lipinski definition) is 2. The molecule has 1 heterocycles. The summed E-state index contributed by atoms with van der Waals surface area (Å²) in [6, 6.07) is 4.21. The second kappa shape index (κ2) is 4.22. The molecule has 0 aromatic heterocycles. The molecule has 16 heavy (non-hydrogen) atoms. The van der Waals surface area contributed by atoms with Gasteiger partial charge in [-0.25, -0.2) is 4.39 Å². The van der Waals surface area contributed by atoms with E-state index in [-0.39, 0.29) is 18.3 Å². The number of anilines is 1. The molecule has 0 atom stereocenters. The summed E-state index contributed by atoms with van der Waals surface area (Å²) < 4.78 is 18.2. The van der Waals surface area contributed by atoms with Crippen molar-refractivity contribution in [2.75, 3.05) is 19.0 Å². The molecule has 0 spiro atoms. The van der Waals surface area contributed by atoms with Gasteiger partial charge in [-0.3, -0.25) is 4.79 Å². The summed E-state index contributed by atoms with van der Waals surface area (Å²) >= 11 is 0. The van der Waals surface area contributed by atoms with Gasteiger partial charge < -0.3 is 15.4 Å². The number of halogens is 1. The van der Waals surface area contributed by atoms with Gasteiger partial charge in [-0.2, -0.15) is 0 Å². The largest absolute Gasteiger partial charge is 0.485 e. The molecule has 0 bridgehead atoms. The molecule has 0 unspecified atom stereocenters. The molecule has 4 nitrogen and oxygen atoms in total. The topological polar surface area (TPSA) is 50.4 Å². The molecule has 84 valence electrons. The number of nitrogens with one attached hydrogen (secondary N) is 2. The Kier molecular flexibility index (Phi) is 2.76. The van der Waals surface area contributed by atoms with E-state index in [9.17, 15) is 9.18 Å². The Morgan fingerprint density at radius 1 is 1.62 bits per heavy atom. The quantitative estimate of drug-likeness (QED) is 0.703. The maximum absolute atomic E-state index is 12.9. The second-order valence-electron chi connectivity index (χ2n) is 3.34. The predicted octanol–water partition coefficient (Wildman–Crippen LogP) is 1.26. The number of carbonyl (C=O) groups excluding carboxylic acids is 1. The molecule has 0 aliphatic carbocycles. The zero-order chi connectivity index (χ0) is 11.5. The lowest BCUT2D eigenvalue weighted by Crippen LogP contribution is -2.21. The Bertz CT molecular complexity index is 457. The van der Waals surface area contributed by atoms with Crippen LogP contribution in [-0.2, 0) is 4.79 Å². The summed E-state index contributed by atoms with van der Waals surface area (Å²) in [4.78, 5) is 11.1. The van der Waals surface area contributed by atoms with E-state index in [1.54, 1.807) is 13.1 Å². The highest BCUT2D eigenvalue weighted by Crippen LogP contribution is 2.30. The summed E-state index contributed by atoms with van der Waals surface area (Å²) in [5.41, 5.74) is 1.29. The number of benzene rings is 1. The number of likely N-dealkylation sites (N-methyl/N-ethyl adjacent to an activating group) is 1. The third-order valence-electron chi connectivity index (χ3n) is 2.17. The van der Waals surface area contributed by atoms with Crippen molar-refractivity contribution in [1.29, 1.82) is 0 Å². The van der Waals surface area contributed by atoms with E-state index < -0.39 is 0 Å². The van der Waals surface area contributed by atoms with Crippen LogP contribution < -0.4 is 15.4 Å². The van der Waals surface area contributed by atoms with Gasteiger partial charge in [-0.1, -0.05) is 0 Å². The molecular formula is C11H11FN2O2. The lowest BCUT2D eigenvalue weighted by atomic mass is 10.2. The number of ether oxygens (including phenoxy) is 1. The summed E-state index contributed by atoms with van der Waals surface area (Å²) in [6.45, 7) is 0.226. The van der Waals surface area contributed by atoms with E-state index in [4.69, 9.17) is 4.74 Å². The molecular weight excluding hydrogens is 211 g/mol. The van der Waals surface area contributed by atoms with Crippen LogP contribution in [0.15, 0.2) is 30.0 Å². The van der Waals surface area contributed by atoms with Crippen LogP contribution in [-0.4, -0.2) is 19.6 Å². The van der Waals surface area contributed by atoms with E-state index in [0.29, 0.717) is 17.1 Å². The number of amides is 1. The second-order valence-corrected chi connectivity index (χ2v) is 3.34. The Morgan fingerprint density at radius 3 is 3.19 bits per heavy atom. The predicted molar refractivity (Wildman–Crippen MR) is 57.7 cm³/mol. The highest BCUT2D eigenvalue weighted by atomic mass is 19.1. The summed E-state index contributed by atoms with van der Waals surface area (Å²) in [6.07, 6.45) is 1.41. The van der Waals surface area contributed by atoms with Crippen LogP contribution in [0.3, 0.4) is 0 Å². The number of carbonyl (C=O) groups is 1. The molecule has 0 saturated heterocycles. The van der Waals surface area contributed by atoms with Crippen molar-refractivity contribution in [3.8, 4) is 5.75 Å². The smallest absolute Gasteiger partial charge is 0.245 e. The zero-order valence-corrected chi connectivity index (χ0v) is 8.71. The SMILES string of the molecule is CNC(=O)C=C1COc2cc(F)ccc2N1. The average molecular weight is 222 g/mol. The van der Waals surface area contributed by atoms with Crippen molar-refractivity contribution >= 4 is 11.6 Å². The van der Waals surface area contributed by atoms with Crippen molar-refractivity contribution < 1.29 is 13.9 Å². The van der Waals surface area contributed by atoms with Gasteiger partial charge in [0.1, 0.15) is 18.2 Å². The fourth-order valence-corrected chi connectivity index (χ4v) is 1.39. The van der Waals surface area contributed by atoms with Crippen molar-refractivity contribution in [3.05, 3.63) is 35.8 Å². The molecule has 0 fully saturated rings. The van der Waals surface area contributed by atoms with Crippen molar-refractivity contribution in [2.45, 2.75) is 0 Å². The Morgan fingerprint density at radius 2 is 2.44 bits per heavy atom. The van der Waals surface area contributed by atoms with E-state index in [2.05, 4.69) is 10.6 Å². The molecule has 1 aliphatic heterocycles. The minimum Gasteiger partial charge on any atom is -0.485 e. The normalized spacial score (nSPS) is 16.0. The van der Waals surface area contributed by atoms with Crippen LogP contribution in [0.25, 0.3) is 0 Å². The maximum atomic E-state index is 12.9. The first kappa shape index (κ1) is 10.5. The first-order valence-electron chi connectivity index (χ1n) is 4.80. The fraction of sp³-hybridized carbons (Fsp3) is 0.182. The van der Waals surface area contributed by atoms with Gasteiger partial charge in [0.2, 0.25) is 5.91 Å². The van der Waals surface area contributed by atoms with Gasteiger partial charge in [0.25, 0.3) is 0 Å². The third-order valence-corrected chi connectivity index (χ3v) is 2.17. The lowest BCUT2D eigenvalue weighted by molar-refractivity contribution is -0.116. The first-order valence-corrected chi connectivity index (χ1v) is 4.80. The van der Waals surface area contributed by atoms with Crippen molar-refractivity contribution in [2.24, 2.45) is 0 Å². The summed E-state index contributed by atoms with van der Waals surface area (Å²) in [5, 5.41) is 5.47. The van der Waals surface area contributed by atoms with Gasteiger partial charge in [0, 0.05) is 19.2 Å². The van der Waals surface area contributed by atoms with Gasteiger partial charge >= 0.3 is 0 Å². The lowest BCUT2D eigenvalue weighted by Gasteiger charge is -2.21.